The summed E-state index contributed by atoms with van der Waals surface area (Å²) < 4.78 is 0. The van der Waals surface area contributed by atoms with Gasteiger partial charge in [0.1, 0.15) is 0 Å². The Morgan fingerprint density at radius 1 is 0.768 bits per heavy atom. The fourth-order valence-corrected chi connectivity index (χ4v) is 8.69. The first-order valence-corrected chi connectivity index (χ1v) is 21.4. The summed E-state index contributed by atoms with van der Waals surface area (Å²) >= 11 is 0. The van der Waals surface area contributed by atoms with Crippen LogP contribution in [-0.2, 0) is 5.41 Å². The molecule has 1 spiro atoms. The first-order chi connectivity index (χ1) is 27.1. The van der Waals surface area contributed by atoms with Crippen molar-refractivity contribution in [1.82, 2.24) is 0 Å². The minimum atomic E-state index is -0.409. The molecule has 0 aliphatic heterocycles. The molecule has 0 fully saturated rings. The van der Waals surface area contributed by atoms with E-state index in [0.29, 0.717) is 11.8 Å². The van der Waals surface area contributed by atoms with Gasteiger partial charge in [-0.15, -0.1) is 0 Å². The van der Waals surface area contributed by atoms with Crippen molar-refractivity contribution in [3.8, 4) is 11.1 Å². The summed E-state index contributed by atoms with van der Waals surface area (Å²) in [6, 6.07) is 25.2. The van der Waals surface area contributed by atoms with Gasteiger partial charge in [-0.05, 0) is 135 Å². The topological polar surface area (TPSA) is 0 Å². The molecule has 2 atom stereocenters. The van der Waals surface area contributed by atoms with Crippen LogP contribution in [0.1, 0.15) is 136 Å². The summed E-state index contributed by atoms with van der Waals surface area (Å²) in [5.74, 6) is 0.917. The van der Waals surface area contributed by atoms with Gasteiger partial charge in [0.2, 0.25) is 0 Å². The Bertz CT molecular complexity index is 2120. The highest BCUT2D eigenvalue weighted by Crippen LogP contribution is 2.55. The molecule has 3 aromatic carbocycles. The van der Waals surface area contributed by atoms with Crippen molar-refractivity contribution in [2.24, 2.45) is 5.92 Å². The van der Waals surface area contributed by atoms with Crippen LogP contribution in [0.25, 0.3) is 27.8 Å². The second-order valence-electron chi connectivity index (χ2n) is 15.2. The second-order valence-corrected chi connectivity index (χ2v) is 15.2. The summed E-state index contributed by atoms with van der Waals surface area (Å²) in [5, 5.41) is 0. The molecule has 292 valence electrons. The molecule has 56 heavy (non-hydrogen) atoms. The monoisotopic (exact) mass is 741 g/mol. The highest BCUT2D eigenvalue weighted by molar-refractivity contribution is 5.93. The summed E-state index contributed by atoms with van der Waals surface area (Å²) in [5.41, 5.74) is 19.3. The summed E-state index contributed by atoms with van der Waals surface area (Å²) in [4.78, 5) is 0. The van der Waals surface area contributed by atoms with Crippen LogP contribution in [0.15, 0.2) is 169 Å². The van der Waals surface area contributed by atoms with Gasteiger partial charge < -0.3 is 0 Å². The minimum Gasteiger partial charge on any atom is -0.0990 e. The van der Waals surface area contributed by atoms with E-state index in [9.17, 15) is 0 Å². The molecule has 2 unspecified atom stereocenters. The van der Waals surface area contributed by atoms with E-state index >= 15 is 0 Å². The third-order valence-electron chi connectivity index (χ3n) is 11.1. The number of benzene rings is 3. The Morgan fingerprint density at radius 3 is 1.98 bits per heavy atom. The zero-order chi connectivity index (χ0) is 41.0. The maximum absolute atomic E-state index is 4.22. The van der Waals surface area contributed by atoms with E-state index in [1.807, 2.05) is 26.0 Å². The average molecular weight is 741 g/mol. The van der Waals surface area contributed by atoms with Gasteiger partial charge in [-0.25, -0.2) is 0 Å². The lowest BCUT2D eigenvalue weighted by Crippen LogP contribution is -2.25. The summed E-state index contributed by atoms with van der Waals surface area (Å²) in [7, 11) is 0. The quantitative estimate of drug-likeness (QED) is 0.172. The third-order valence-corrected chi connectivity index (χ3v) is 11.1. The molecule has 3 aromatic rings. The SMILES string of the molecule is C=C/C=C(\C=C)C1=CC2(C(C)=CC(c3ccccc3)=C1)C(C)=C(/C=C\CC)c1cc(-c3ccc4c(c3)C(C(C)C)=C(/C=C\CC)C4CC)ccc12.CC.CCC. The zero-order valence-electron chi connectivity index (χ0n) is 36.5. The number of allylic oxidation sites excluding steroid dienone is 18. The zero-order valence-corrected chi connectivity index (χ0v) is 36.5. The second kappa shape index (κ2) is 20.3. The molecule has 0 saturated heterocycles. The van der Waals surface area contributed by atoms with Crippen molar-refractivity contribution in [3.05, 3.63) is 196 Å². The predicted octanol–water partition coefficient (Wildman–Crippen LogP) is 16.9. The van der Waals surface area contributed by atoms with E-state index in [-0.39, 0.29) is 0 Å². The summed E-state index contributed by atoms with van der Waals surface area (Å²) in [6.45, 7) is 32.6. The van der Waals surface area contributed by atoms with Crippen LogP contribution in [0.4, 0.5) is 0 Å². The fourth-order valence-electron chi connectivity index (χ4n) is 8.69. The highest BCUT2D eigenvalue weighted by Gasteiger charge is 2.43. The minimum absolute atomic E-state index is 0.409. The van der Waals surface area contributed by atoms with Crippen LogP contribution in [-0.4, -0.2) is 0 Å². The van der Waals surface area contributed by atoms with Crippen LogP contribution in [0.5, 0.6) is 0 Å². The molecule has 0 bridgehead atoms. The lowest BCUT2D eigenvalue weighted by molar-refractivity contribution is 0.753. The van der Waals surface area contributed by atoms with Crippen molar-refractivity contribution in [2.75, 3.05) is 0 Å². The number of fused-ring (bicyclic) bond motifs is 3. The van der Waals surface area contributed by atoms with E-state index in [1.54, 1.807) is 0 Å². The molecule has 3 aliphatic rings. The normalized spacial score (nSPS) is 18.9. The first kappa shape index (κ1) is 43.8. The van der Waals surface area contributed by atoms with Gasteiger partial charge >= 0.3 is 0 Å². The molecule has 0 saturated carbocycles. The molecule has 6 rings (SSSR count). The highest BCUT2D eigenvalue weighted by atomic mass is 14.5. The molecule has 0 aromatic heterocycles. The van der Waals surface area contributed by atoms with E-state index in [2.05, 4.69) is 191 Å². The number of hydrogen-bond acceptors (Lipinski definition) is 0. The Hall–Kier alpha value is -4.94. The van der Waals surface area contributed by atoms with E-state index in [0.717, 1.165) is 30.4 Å². The van der Waals surface area contributed by atoms with Crippen LogP contribution < -0.4 is 0 Å². The fraction of sp³-hybridized carbons (Fsp3) is 0.321. The van der Waals surface area contributed by atoms with E-state index in [1.165, 1.54) is 78.8 Å². The van der Waals surface area contributed by atoms with Gasteiger partial charge in [0.25, 0.3) is 0 Å². The third kappa shape index (κ3) is 8.56. The van der Waals surface area contributed by atoms with Crippen molar-refractivity contribution >= 4 is 16.7 Å². The standard InChI is InChI=1S/C51H54.C3H8.C2H6/c1-10-15-23-44-36(9)51(33-42(37(13-4)20-12-3)30-41(29-35(51)8)38-21-18-17-19-22-38)49-28-26-40(31-47(44)49)39-25-27-45-43(14-5)46(24-16-11-2)50(34(6)7)48(45)32-39;1-3-2;1-2/h12-13,15-34,43H,3-4,10-11,14H2,1-2,5-9H3;3H2,1-2H3;1-2H3/b23-15-,24-16-,37-20+;;. The number of rotatable bonds is 11. The number of hydrogen-bond donors (Lipinski definition) is 0. The molecule has 3 aliphatic carbocycles. The van der Waals surface area contributed by atoms with Crippen LogP contribution in [0.3, 0.4) is 0 Å². The maximum Gasteiger partial charge on any atom is 0.0573 e. The van der Waals surface area contributed by atoms with Crippen molar-refractivity contribution in [1.29, 1.82) is 0 Å². The Balaban J connectivity index is 0.00000133. The maximum atomic E-state index is 4.22. The van der Waals surface area contributed by atoms with Crippen molar-refractivity contribution in [2.45, 2.75) is 113 Å². The lowest BCUT2D eigenvalue weighted by Gasteiger charge is -2.32. The van der Waals surface area contributed by atoms with Crippen molar-refractivity contribution < 1.29 is 0 Å². The molecule has 0 nitrogen and oxygen atoms in total. The molecule has 0 N–H and O–H groups in total. The van der Waals surface area contributed by atoms with Gasteiger partial charge in [-0.3, -0.25) is 0 Å². The van der Waals surface area contributed by atoms with Gasteiger partial charge in [-0.1, -0.05) is 197 Å². The summed E-state index contributed by atoms with van der Waals surface area (Å²) in [6.07, 6.45) is 26.9. The van der Waals surface area contributed by atoms with Gasteiger partial charge in [-0.2, -0.15) is 0 Å². The molecular weight excluding hydrogens is 673 g/mol. The van der Waals surface area contributed by atoms with Crippen LogP contribution in [0.2, 0.25) is 0 Å². The largest absolute Gasteiger partial charge is 0.0990 e. The van der Waals surface area contributed by atoms with E-state index in [4.69, 9.17) is 0 Å². The smallest absolute Gasteiger partial charge is 0.0573 e. The lowest BCUT2D eigenvalue weighted by atomic mass is 9.70. The molecule has 0 heteroatoms. The van der Waals surface area contributed by atoms with E-state index < -0.39 is 5.41 Å². The molecule has 0 amide bonds. The molecule has 0 radical (unpaired) electrons. The molecular formula is C56H68. The molecule has 0 heterocycles. The average Bonchev–Trinajstić information content (AvgIpc) is 3.59. The first-order valence-electron chi connectivity index (χ1n) is 21.4. The Labute approximate surface area is 342 Å². The van der Waals surface area contributed by atoms with Crippen LogP contribution >= 0.6 is 0 Å². The van der Waals surface area contributed by atoms with Crippen molar-refractivity contribution in [3.63, 3.8) is 0 Å². The van der Waals surface area contributed by atoms with Gasteiger partial charge in [0.05, 0.1) is 5.41 Å². The van der Waals surface area contributed by atoms with Gasteiger partial charge in [0.15, 0.2) is 0 Å². The Kier molecular flexibility index (Phi) is 15.9. The van der Waals surface area contributed by atoms with Gasteiger partial charge in [0, 0.05) is 5.92 Å². The van der Waals surface area contributed by atoms with Crippen LogP contribution in [0, 0.1) is 5.92 Å². The predicted molar refractivity (Wildman–Crippen MR) is 252 cm³/mol. The Morgan fingerprint density at radius 2 is 1.39 bits per heavy atom.